The van der Waals surface area contributed by atoms with Gasteiger partial charge < -0.3 is 15.4 Å². The van der Waals surface area contributed by atoms with Gasteiger partial charge in [-0.25, -0.2) is 13.2 Å². The minimum Gasteiger partial charge on any atom is -0.379 e. The monoisotopic (exact) mass is 619 g/mol. The Kier molecular flexibility index (Phi) is 9.29. The van der Waals surface area contributed by atoms with Gasteiger partial charge in [0.25, 0.3) is 0 Å². The minimum absolute atomic E-state index is 0.100. The molecule has 2 saturated heterocycles. The van der Waals surface area contributed by atoms with Gasteiger partial charge in [0.2, 0.25) is 5.91 Å². The largest absolute Gasteiger partial charge is 0.379 e. The zero-order chi connectivity index (χ0) is 31.1. The van der Waals surface area contributed by atoms with Crippen LogP contribution in [0.4, 0.5) is 18.9 Å². The van der Waals surface area contributed by atoms with Crippen molar-refractivity contribution < 1.29 is 27.5 Å². The number of carbonyl (C=O) groups excluding carboxylic acids is 2. The predicted octanol–water partition coefficient (Wildman–Crippen LogP) is 6.22. The minimum atomic E-state index is -1.59. The first-order valence-electron chi connectivity index (χ1n) is 15.2. The maximum absolute atomic E-state index is 15.9. The Balaban J connectivity index is 1.62. The van der Waals surface area contributed by atoms with Gasteiger partial charge in [0.05, 0.1) is 24.3 Å². The van der Waals surface area contributed by atoms with Gasteiger partial charge in [-0.15, -0.1) is 0 Å². The summed E-state index contributed by atoms with van der Waals surface area (Å²) in [4.78, 5) is 30.6. The number of benzene rings is 2. The van der Waals surface area contributed by atoms with Crippen molar-refractivity contribution in [1.29, 1.82) is 0 Å². The zero-order valence-electron chi connectivity index (χ0n) is 25.2. The molecule has 5 rings (SSSR count). The molecular weight excluding hydrogens is 579 g/mol. The summed E-state index contributed by atoms with van der Waals surface area (Å²) >= 11 is 6.26. The Morgan fingerprint density at radius 1 is 1.16 bits per heavy atom. The van der Waals surface area contributed by atoms with Gasteiger partial charge in [0.1, 0.15) is 17.0 Å². The van der Waals surface area contributed by atoms with Crippen LogP contribution >= 0.6 is 11.6 Å². The number of Topliss-reactive ketones (excluding diaryl/α,β-unsaturated/α-hetero) is 1. The number of hydrogen-bond acceptors (Lipinski definition) is 5. The fourth-order valence-corrected chi connectivity index (χ4v) is 7.98. The molecule has 43 heavy (non-hydrogen) atoms. The fraction of sp³-hybridized carbons (Fsp3) is 0.576. The highest BCUT2D eigenvalue weighted by Gasteiger charge is 2.66. The molecule has 0 saturated carbocycles. The third-order valence-corrected chi connectivity index (χ3v) is 9.56. The summed E-state index contributed by atoms with van der Waals surface area (Å²) in [5.74, 6) is -4.31. The van der Waals surface area contributed by atoms with E-state index in [9.17, 15) is 18.4 Å². The molecule has 1 amide bonds. The summed E-state index contributed by atoms with van der Waals surface area (Å²) in [6.45, 7) is 12.0. The number of ketones is 1. The van der Waals surface area contributed by atoms with Crippen LogP contribution in [-0.4, -0.2) is 61.5 Å². The predicted molar refractivity (Wildman–Crippen MR) is 161 cm³/mol. The normalized spacial score (nSPS) is 25.9. The molecule has 2 N–H and O–H groups in total. The highest BCUT2D eigenvalue weighted by atomic mass is 35.5. The highest BCUT2D eigenvalue weighted by Crippen LogP contribution is 2.57. The van der Waals surface area contributed by atoms with Crippen molar-refractivity contribution in [2.75, 3.05) is 38.2 Å². The van der Waals surface area contributed by atoms with E-state index in [1.54, 1.807) is 6.07 Å². The molecule has 6 nitrogen and oxygen atoms in total. The van der Waals surface area contributed by atoms with Crippen LogP contribution in [0.3, 0.4) is 0 Å². The standard InChI is InChI=1S/C33H41ClF3N3O3/c1-19(2)17-32(3,4)18-27-33(21-15-23(35)24(36)16-25(21)38-31(33)42)28(20-7-5-8-22(34)29(20)37)30(39-27)26(41)9-6-10-40-11-13-43-14-12-40/h5,7-8,15-16,19,27-28,30,39H,6,9-14,17-18H2,1-4H3,(H,38,42)/t27-,28+,30+,33+/m1/s1. The average molecular weight is 620 g/mol. The Bertz CT molecular complexity index is 1380. The van der Waals surface area contributed by atoms with E-state index in [1.807, 2.05) is 0 Å². The van der Waals surface area contributed by atoms with E-state index in [0.29, 0.717) is 38.5 Å². The van der Waals surface area contributed by atoms with E-state index in [0.717, 1.165) is 31.6 Å². The van der Waals surface area contributed by atoms with Gasteiger partial charge in [-0.3, -0.25) is 14.5 Å². The molecule has 3 aliphatic heterocycles. The molecule has 1 spiro atoms. The SMILES string of the molecule is CC(C)CC(C)(C)C[C@H]1N[C@@H](C(=O)CCCN2CCOCC2)[C@H](c2cccc(Cl)c2F)[C@@]12C(=O)Nc1cc(F)c(F)cc12. The number of anilines is 1. The lowest BCUT2D eigenvalue weighted by Crippen LogP contribution is -2.50. The van der Waals surface area contributed by atoms with Crippen LogP contribution in [0.15, 0.2) is 30.3 Å². The Morgan fingerprint density at radius 2 is 1.86 bits per heavy atom. The van der Waals surface area contributed by atoms with Crippen LogP contribution in [0.5, 0.6) is 0 Å². The molecule has 0 unspecified atom stereocenters. The number of nitrogens with one attached hydrogen (secondary N) is 2. The molecule has 0 radical (unpaired) electrons. The first-order valence-corrected chi connectivity index (χ1v) is 15.6. The maximum Gasteiger partial charge on any atom is 0.237 e. The highest BCUT2D eigenvalue weighted by molar-refractivity contribution is 6.30. The van der Waals surface area contributed by atoms with Gasteiger partial charge >= 0.3 is 0 Å². The van der Waals surface area contributed by atoms with Crippen LogP contribution in [0.25, 0.3) is 0 Å². The first-order chi connectivity index (χ1) is 20.3. The lowest BCUT2D eigenvalue weighted by atomic mass is 9.61. The van der Waals surface area contributed by atoms with E-state index in [-0.39, 0.29) is 39.5 Å². The van der Waals surface area contributed by atoms with Crippen molar-refractivity contribution in [2.24, 2.45) is 11.3 Å². The van der Waals surface area contributed by atoms with Gasteiger partial charge in [-0.2, -0.15) is 0 Å². The van der Waals surface area contributed by atoms with E-state index >= 15 is 4.39 Å². The zero-order valence-corrected chi connectivity index (χ0v) is 26.0. The van der Waals surface area contributed by atoms with Crippen molar-refractivity contribution in [2.45, 2.75) is 76.8 Å². The molecule has 10 heteroatoms. The number of morpholine rings is 1. The number of fused-ring (bicyclic) bond motifs is 2. The molecule has 234 valence electrons. The lowest BCUT2D eigenvalue weighted by Gasteiger charge is -2.39. The van der Waals surface area contributed by atoms with Crippen molar-refractivity contribution in [3.05, 3.63) is 63.9 Å². The number of amides is 1. The molecule has 2 aromatic rings. The van der Waals surface area contributed by atoms with E-state index < -0.39 is 46.8 Å². The van der Waals surface area contributed by atoms with Gasteiger partial charge in [0, 0.05) is 43.2 Å². The summed E-state index contributed by atoms with van der Waals surface area (Å²) < 4.78 is 50.7. The summed E-state index contributed by atoms with van der Waals surface area (Å²) in [6.07, 6.45) is 2.05. The molecule has 4 atom stereocenters. The number of nitrogens with zero attached hydrogens (tertiary/aromatic N) is 1. The molecule has 0 aromatic heterocycles. The number of ether oxygens (including phenoxy) is 1. The summed E-state index contributed by atoms with van der Waals surface area (Å²) in [6, 6.07) is 4.91. The van der Waals surface area contributed by atoms with E-state index in [2.05, 4.69) is 43.2 Å². The molecule has 0 bridgehead atoms. The third-order valence-electron chi connectivity index (χ3n) is 9.27. The second kappa shape index (κ2) is 12.5. The first kappa shape index (κ1) is 31.9. The van der Waals surface area contributed by atoms with Crippen molar-refractivity contribution in [1.82, 2.24) is 10.2 Å². The average Bonchev–Trinajstić information content (AvgIpc) is 3.40. The number of halogens is 4. The molecular formula is C33H41ClF3N3O3. The quantitative estimate of drug-likeness (QED) is 0.331. The van der Waals surface area contributed by atoms with Crippen molar-refractivity contribution in [3.8, 4) is 0 Å². The lowest BCUT2D eigenvalue weighted by molar-refractivity contribution is -0.122. The summed E-state index contributed by atoms with van der Waals surface area (Å²) in [7, 11) is 0. The molecule has 3 heterocycles. The number of rotatable bonds is 10. The van der Waals surface area contributed by atoms with E-state index in [1.165, 1.54) is 12.1 Å². The van der Waals surface area contributed by atoms with Crippen molar-refractivity contribution >= 4 is 29.0 Å². The number of hydrogen-bond donors (Lipinski definition) is 2. The summed E-state index contributed by atoms with van der Waals surface area (Å²) in [5.41, 5.74) is -1.43. The molecule has 3 aliphatic rings. The fourth-order valence-electron chi connectivity index (χ4n) is 7.80. The van der Waals surface area contributed by atoms with Crippen LogP contribution < -0.4 is 10.6 Å². The van der Waals surface area contributed by atoms with Crippen LogP contribution in [0.2, 0.25) is 5.02 Å². The van der Waals surface area contributed by atoms with Crippen LogP contribution in [-0.2, 0) is 19.7 Å². The van der Waals surface area contributed by atoms with E-state index in [4.69, 9.17) is 16.3 Å². The Labute approximate surface area is 256 Å². The van der Waals surface area contributed by atoms with Crippen molar-refractivity contribution in [3.63, 3.8) is 0 Å². The second-order valence-electron chi connectivity index (χ2n) is 13.4. The smallest absolute Gasteiger partial charge is 0.237 e. The molecule has 2 fully saturated rings. The summed E-state index contributed by atoms with van der Waals surface area (Å²) in [5, 5.41) is 6.10. The van der Waals surface area contributed by atoms with Crippen LogP contribution in [0.1, 0.15) is 70.4 Å². The van der Waals surface area contributed by atoms with Crippen LogP contribution in [0, 0.1) is 28.8 Å². The van der Waals surface area contributed by atoms with Gasteiger partial charge in [0.15, 0.2) is 11.6 Å². The molecule has 0 aliphatic carbocycles. The Hall–Kier alpha value is -2.46. The number of carbonyl (C=O) groups is 2. The molecule has 2 aromatic carbocycles. The Morgan fingerprint density at radius 3 is 2.56 bits per heavy atom. The van der Waals surface area contributed by atoms with Gasteiger partial charge in [-0.1, -0.05) is 51.4 Å². The van der Waals surface area contributed by atoms with Gasteiger partial charge in [-0.05, 0) is 60.4 Å². The third kappa shape index (κ3) is 6.10. The second-order valence-corrected chi connectivity index (χ2v) is 13.9. The maximum atomic E-state index is 15.9. The topological polar surface area (TPSA) is 70.7 Å².